The van der Waals surface area contributed by atoms with Gasteiger partial charge in [0.1, 0.15) is 0 Å². The van der Waals surface area contributed by atoms with E-state index in [0.717, 1.165) is 35.9 Å². The molecule has 0 aliphatic carbocycles. The van der Waals surface area contributed by atoms with Crippen LogP contribution in [0.2, 0.25) is 5.02 Å². The number of aromatic nitrogens is 2. The van der Waals surface area contributed by atoms with Crippen molar-refractivity contribution in [3.63, 3.8) is 0 Å². The number of halogens is 1. The minimum Gasteiger partial charge on any atom is -0.377 e. The summed E-state index contributed by atoms with van der Waals surface area (Å²) < 4.78 is 11.0. The standard InChI is InChI=1S/C15H17ClN2O2S/c16-12-6-4-11(5-7-12)15-17-14(18-20-15)10-21-9-13-3-1-2-8-19-13/h4-7,13H,1-3,8-10H2/t13-/m1/s1. The Morgan fingerprint density at radius 3 is 2.86 bits per heavy atom. The highest BCUT2D eigenvalue weighted by atomic mass is 35.5. The zero-order valence-electron chi connectivity index (χ0n) is 11.6. The topological polar surface area (TPSA) is 48.2 Å². The second kappa shape index (κ2) is 7.29. The summed E-state index contributed by atoms with van der Waals surface area (Å²) in [5.74, 6) is 3.00. The fourth-order valence-electron chi connectivity index (χ4n) is 2.24. The van der Waals surface area contributed by atoms with Gasteiger partial charge < -0.3 is 9.26 Å². The first-order valence-corrected chi connectivity index (χ1v) is 8.62. The summed E-state index contributed by atoms with van der Waals surface area (Å²) in [6.45, 7) is 0.897. The van der Waals surface area contributed by atoms with E-state index < -0.39 is 0 Å². The first kappa shape index (κ1) is 14.9. The minimum atomic E-state index is 0.381. The van der Waals surface area contributed by atoms with Crippen LogP contribution in [-0.2, 0) is 10.5 Å². The molecule has 1 fully saturated rings. The van der Waals surface area contributed by atoms with Crippen LogP contribution in [0.1, 0.15) is 25.1 Å². The van der Waals surface area contributed by atoms with Crippen molar-refractivity contribution in [2.45, 2.75) is 31.1 Å². The maximum absolute atomic E-state index is 5.86. The molecule has 0 saturated carbocycles. The molecule has 1 atom stereocenters. The molecule has 112 valence electrons. The van der Waals surface area contributed by atoms with Gasteiger partial charge in [0, 0.05) is 22.9 Å². The SMILES string of the molecule is Clc1ccc(-c2nc(CSC[C@H]3CCCCO3)no2)cc1. The molecule has 4 nitrogen and oxygen atoms in total. The number of thioether (sulfide) groups is 1. The van der Waals surface area contributed by atoms with Crippen molar-refractivity contribution >= 4 is 23.4 Å². The van der Waals surface area contributed by atoms with Crippen LogP contribution in [0, 0.1) is 0 Å². The molecule has 1 aromatic heterocycles. The van der Waals surface area contributed by atoms with Gasteiger partial charge in [-0.25, -0.2) is 0 Å². The van der Waals surface area contributed by atoms with Gasteiger partial charge in [-0.05, 0) is 43.5 Å². The lowest BCUT2D eigenvalue weighted by atomic mass is 10.1. The fraction of sp³-hybridized carbons (Fsp3) is 0.467. The van der Waals surface area contributed by atoms with Gasteiger partial charge >= 0.3 is 0 Å². The van der Waals surface area contributed by atoms with Crippen molar-refractivity contribution < 1.29 is 9.26 Å². The van der Waals surface area contributed by atoms with Crippen molar-refractivity contribution in [1.29, 1.82) is 0 Å². The van der Waals surface area contributed by atoms with E-state index in [-0.39, 0.29) is 0 Å². The minimum absolute atomic E-state index is 0.381. The molecule has 0 bridgehead atoms. The predicted octanol–water partition coefficient (Wildman–Crippen LogP) is 4.19. The second-order valence-electron chi connectivity index (χ2n) is 5.03. The Balaban J connectivity index is 1.51. The van der Waals surface area contributed by atoms with Crippen LogP contribution < -0.4 is 0 Å². The molecule has 2 heterocycles. The monoisotopic (exact) mass is 324 g/mol. The summed E-state index contributed by atoms with van der Waals surface area (Å²) in [6, 6.07) is 7.39. The van der Waals surface area contributed by atoms with Crippen molar-refractivity contribution in [2.75, 3.05) is 12.4 Å². The maximum atomic E-state index is 5.86. The number of benzene rings is 1. The van der Waals surface area contributed by atoms with Crippen LogP contribution in [0.5, 0.6) is 0 Å². The highest BCUT2D eigenvalue weighted by molar-refractivity contribution is 7.98. The first-order valence-electron chi connectivity index (χ1n) is 7.09. The van der Waals surface area contributed by atoms with Gasteiger partial charge in [0.05, 0.1) is 11.9 Å². The van der Waals surface area contributed by atoms with Crippen LogP contribution in [-0.4, -0.2) is 28.6 Å². The zero-order chi connectivity index (χ0) is 14.5. The summed E-state index contributed by atoms with van der Waals surface area (Å²) in [6.07, 6.45) is 4.01. The largest absolute Gasteiger partial charge is 0.377 e. The molecule has 6 heteroatoms. The molecular formula is C15H17ClN2O2S. The molecule has 1 aliphatic rings. The Morgan fingerprint density at radius 1 is 1.24 bits per heavy atom. The average Bonchev–Trinajstić information content (AvgIpc) is 2.98. The molecule has 0 unspecified atom stereocenters. The van der Waals surface area contributed by atoms with E-state index in [9.17, 15) is 0 Å². The molecule has 0 N–H and O–H groups in total. The molecule has 0 radical (unpaired) electrons. The maximum Gasteiger partial charge on any atom is 0.257 e. The quantitative estimate of drug-likeness (QED) is 0.825. The first-order chi connectivity index (χ1) is 10.3. The van der Waals surface area contributed by atoms with Gasteiger partial charge in [-0.15, -0.1) is 0 Å². The van der Waals surface area contributed by atoms with Crippen LogP contribution in [0.25, 0.3) is 11.5 Å². The van der Waals surface area contributed by atoms with Crippen molar-refractivity contribution in [3.8, 4) is 11.5 Å². The Bertz CT molecular complexity index is 567. The Hall–Kier alpha value is -1.04. The van der Waals surface area contributed by atoms with E-state index in [1.165, 1.54) is 12.8 Å². The molecule has 21 heavy (non-hydrogen) atoms. The number of hydrogen-bond acceptors (Lipinski definition) is 5. The number of ether oxygens (including phenoxy) is 1. The van der Waals surface area contributed by atoms with Gasteiger partial charge in [0.2, 0.25) is 0 Å². The zero-order valence-corrected chi connectivity index (χ0v) is 13.2. The highest BCUT2D eigenvalue weighted by Gasteiger charge is 2.14. The molecule has 1 aromatic carbocycles. The molecule has 3 rings (SSSR count). The van der Waals surface area contributed by atoms with Crippen LogP contribution in [0.4, 0.5) is 0 Å². The van der Waals surface area contributed by atoms with E-state index in [2.05, 4.69) is 10.1 Å². The van der Waals surface area contributed by atoms with Gasteiger partial charge in [0.25, 0.3) is 5.89 Å². The fourth-order valence-corrected chi connectivity index (χ4v) is 3.31. The predicted molar refractivity (Wildman–Crippen MR) is 84.5 cm³/mol. The Kier molecular flexibility index (Phi) is 5.17. The van der Waals surface area contributed by atoms with Gasteiger partial charge in [-0.2, -0.15) is 16.7 Å². The van der Waals surface area contributed by atoms with Crippen LogP contribution in [0.15, 0.2) is 28.8 Å². The van der Waals surface area contributed by atoms with Crippen molar-refractivity contribution in [3.05, 3.63) is 35.1 Å². The third-order valence-corrected chi connectivity index (χ3v) is 4.69. The Labute approximate surface area is 133 Å². The summed E-state index contributed by atoms with van der Waals surface area (Å²) in [5.41, 5.74) is 0.888. The smallest absolute Gasteiger partial charge is 0.257 e. The summed E-state index contributed by atoms with van der Waals surface area (Å²) in [4.78, 5) is 4.41. The molecule has 1 saturated heterocycles. The van der Waals surface area contributed by atoms with Crippen LogP contribution in [0.3, 0.4) is 0 Å². The lowest BCUT2D eigenvalue weighted by Gasteiger charge is -2.21. The molecule has 1 aliphatic heterocycles. The van der Waals surface area contributed by atoms with Gasteiger partial charge in [0.15, 0.2) is 5.82 Å². The lowest BCUT2D eigenvalue weighted by molar-refractivity contribution is 0.0315. The molecule has 0 spiro atoms. The third-order valence-electron chi connectivity index (χ3n) is 3.37. The lowest BCUT2D eigenvalue weighted by Crippen LogP contribution is -2.21. The second-order valence-corrected chi connectivity index (χ2v) is 6.49. The van der Waals surface area contributed by atoms with Crippen molar-refractivity contribution in [2.24, 2.45) is 0 Å². The summed E-state index contributed by atoms with van der Waals surface area (Å²) in [5, 5.41) is 4.71. The number of nitrogens with zero attached hydrogens (tertiary/aromatic N) is 2. The normalized spacial score (nSPS) is 18.8. The van der Waals surface area contributed by atoms with E-state index in [4.69, 9.17) is 20.9 Å². The highest BCUT2D eigenvalue weighted by Crippen LogP contribution is 2.22. The average molecular weight is 325 g/mol. The summed E-state index contributed by atoms with van der Waals surface area (Å²) >= 11 is 7.66. The number of hydrogen-bond donors (Lipinski definition) is 0. The van der Waals surface area contributed by atoms with Crippen LogP contribution >= 0.6 is 23.4 Å². The molecule has 0 amide bonds. The van der Waals surface area contributed by atoms with E-state index >= 15 is 0 Å². The number of rotatable bonds is 5. The third kappa shape index (κ3) is 4.22. The van der Waals surface area contributed by atoms with E-state index in [1.54, 1.807) is 11.8 Å². The van der Waals surface area contributed by atoms with E-state index in [1.807, 2.05) is 24.3 Å². The Morgan fingerprint density at radius 2 is 2.10 bits per heavy atom. The molecule has 2 aromatic rings. The van der Waals surface area contributed by atoms with Crippen molar-refractivity contribution in [1.82, 2.24) is 10.1 Å². The summed E-state index contributed by atoms with van der Waals surface area (Å²) in [7, 11) is 0. The molecular weight excluding hydrogens is 308 g/mol. The van der Waals surface area contributed by atoms with E-state index in [0.29, 0.717) is 17.0 Å². The van der Waals surface area contributed by atoms with Gasteiger partial charge in [-0.1, -0.05) is 16.8 Å². The van der Waals surface area contributed by atoms with Gasteiger partial charge in [-0.3, -0.25) is 0 Å².